The number of hydrogen-bond acceptors (Lipinski definition) is 8. The molecule has 1 aromatic rings. The maximum atomic E-state index is 13.2. The van der Waals surface area contributed by atoms with Crippen molar-refractivity contribution in [1.29, 1.82) is 0 Å². The number of benzene rings is 1. The number of ether oxygens (including phenoxy) is 3. The highest BCUT2D eigenvalue weighted by atomic mass is 16.7. The molecular weight excluding hydrogens is 414 g/mol. The molecule has 2 heterocycles. The predicted octanol–water partition coefficient (Wildman–Crippen LogP) is 2.41. The third-order valence-corrected chi connectivity index (χ3v) is 8.07. The summed E-state index contributed by atoms with van der Waals surface area (Å²) in [6.45, 7) is 3.63. The van der Waals surface area contributed by atoms with Gasteiger partial charge in [-0.1, -0.05) is 12.1 Å². The smallest absolute Gasteiger partial charge is 0.354 e. The van der Waals surface area contributed by atoms with Crippen molar-refractivity contribution >= 4 is 17.5 Å². The van der Waals surface area contributed by atoms with Crippen LogP contribution in [0.25, 0.3) is 0 Å². The minimum Gasteiger partial charge on any atom is -0.493 e. The van der Waals surface area contributed by atoms with Gasteiger partial charge in [-0.05, 0) is 56.0 Å². The third kappa shape index (κ3) is 2.44. The lowest BCUT2D eigenvalue weighted by Gasteiger charge is -2.43. The quantitative estimate of drug-likeness (QED) is 0.719. The highest BCUT2D eigenvalue weighted by molar-refractivity contribution is 6.06. The van der Waals surface area contributed by atoms with Gasteiger partial charge in [-0.25, -0.2) is 4.79 Å². The molecule has 8 heteroatoms. The number of ketones is 1. The highest BCUT2D eigenvalue weighted by Crippen LogP contribution is 2.59. The zero-order valence-corrected chi connectivity index (χ0v) is 18.6. The standard InChI is InChI=1S/C24H27NO7/c1-13-5-7-15-20(22(2)19(26)9-10-24(13,22)28)31-21(27)23(15)12-16(25-32-23)14-6-8-17(29-3)18(11-14)30-4/h6,8-11,13,15,20,28H,5,7,12H2,1-4H3/t13-,15+,20+,22-,23?,24+/m0/s1. The number of methoxy groups -OCH3 is 2. The Morgan fingerprint density at radius 3 is 2.62 bits per heavy atom. The van der Waals surface area contributed by atoms with E-state index in [1.165, 1.54) is 6.08 Å². The molecule has 2 aliphatic carbocycles. The molecule has 5 rings (SSSR count). The summed E-state index contributed by atoms with van der Waals surface area (Å²) in [6.07, 6.45) is 3.60. The minimum absolute atomic E-state index is 0.177. The molecule has 6 atom stereocenters. The van der Waals surface area contributed by atoms with Crippen LogP contribution in [0, 0.1) is 17.3 Å². The molecule has 1 spiro atoms. The number of fused-ring (bicyclic) bond motifs is 4. The molecule has 0 amide bonds. The van der Waals surface area contributed by atoms with Crippen LogP contribution in [0.1, 0.15) is 38.7 Å². The fraction of sp³-hybridized carbons (Fsp3) is 0.542. The monoisotopic (exact) mass is 441 g/mol. The van der Waals surface area contributed by atoms with E-state index in [0.717, 1.165) is 5.56 Å². The molecule has 32 heavy (non-hydrogen) atoms. The molecule has 0 radical (unpaired) electrons. The van der Waals surface area contributed by atoms with Gasteiger partial charge in [0.2, 0.25) is 5.60 Å². The first-order valence-electron chi connectivity index (χ1n) is 10.9. The Morgan fingerprint density at radius 2 is 1.91 bits per heavy atom. The SMILES string of the molecule is COc1ccc(C2=NOC3(C2)C(=O)O[C@@H]2[C@H]3CC[C@H](C)[C@]3(O)C=CC(=O)[C@@]23C)cc1OC. The van der Waals surface area contributed by atoms with Crippen molar-refractivity contribution in [3.8, 4) is 11.5 Å². The summed E-state index contributed by atoms with van der Waals surface area (Å²) in [4.78, 5) is 32.1. The van der Waals surface area contributed by atoms with Gasteiger partial charge in [-0.15, -0.1) is 0 Å². The number of aliphatic hydroxyl groups is 1. The van der Waals surface area contributed by atoms with Crippen LogP contribution in [0.5, 0.6) is 11.5 Å². The average Bonchev–Trinajstić information content (AvgIpc) is 3.41. The molecule has 1 unspecified atom stereocenters. The molecule has 2 fully saturated rings. The number of carbonyl (C=O) groups is 2. The van der Waals surface area contributed by atoms with E-state index in [9.17, 15) is 14.7 Å². The van der Waals surface area contributed by atoms with Gasteiger partial charge in [0.05, 0.1) is 25.8 Å². The van der Waals surface area contributed by atoms with Gasteiger partial charge in [-0.2, -0.15) is 0 Å². The van der Waals surface area contributed by atoms with Crippen molar-refractivity contribution in [2.24, 2.45) is 22.4 Å². The topological polar surface area (TPSA) is 104 Å². The fourth-order valence-corrected chi connectivity index (χ4v) is 5.97. The zero-order valence-electron chi connectivity index (χ0n) is 18.6. The van der Waals surface area contributed by atoms with Crippen LogP contribution in [0.2, 0.25) is 0 Å². The summed E-state index contributed by atoms with van der Waals surface area (Å²) >= 11 is 0. The molecule has 0 aromatic heterocycles. The molecular formula is C24H27NO7. The zero-order chi connectivity index (χ0) is 22.9. The second kappa shape index (κ2) is 6.81. The molecule has 1 aromatic carbocycles. The van der Waals surface area contributed by atoms with E-state index in [0.29, 0.717) is 30.1 Å². The van der Waals surface area contributed by atoms with Crippen molar-refractivity contribution in [2.75, 3.05) is 14.2 Å². The Balaban J connectivity index is 1.50. The lowest BCUT2D eigenvalue weighted by Crippen LogP contribution is -2.57. The highest BCUT2D eigenvalue weighted by Gasteiger charge is 2.73. The predicted molar refractivity (Wildman–Crippen MR) is 113 cm³/mol. The molecule has 1 N–H and O–H groups in total. The van der Waals surface area contributed by atoms with Gasteiger partial charge in [0.1, 0.15) is 17.1 Å². The van der Waals surface area contributed by atoms with Gasteiger partial charge in [0, 0.05) is 12.0 Å². The van der Waals surface area contributed by atoms with Gasteiger partial charge in [0.25, 0.3) is 0 Å². The summed E-state index contributed by atoms with van der Waals surface area (Å²) < 4.78 is 16.5. The summed E-state index contributed by atoms with van der Waals surface area (Å²) in [5.74, 6) is -0.227. The van der Waals surface area contributed by atoms with E-state index in [-0.39, 0.29) is 18.1 Å². The molecule has 1 saturated carbocycles. The van der Waals surface area contributed by atoms with Crippen LogP contribution >= 0.6 is 0 Å². The number of allylic oxidation sites excluding steroid dienone is 1. The van der Waals surface area contributed by atoms with E-state index in [1.807, 2.05) is 13.0 Å². The summed E-state index contributed by atoms with van der Waals surface area (Å²) in [5.41, 5.74) is -2.61. The van der Waals surface area contributed by atoms with Crippen molar-refractivity contribution in [3.05, 3.63) is 35.9 Å². The fourth-order valence-electron chi connectivity index (χ4n) is 5.97. The molecule has 4 aliphatic rings. The van der Waals surface area contributed by atoms with Crippen molar-refractivity contribution in [1.82, 2.24) is 0 Å². The van der Waals surface area contributed by atoms with Gasteiger partial charge in [-0.3, -0.25) is 4.79 Å². The van der Waals surface area contributed by atoms with Crippen LogP contribution in [-0.4, -0.2) is 54.1 Å². The van der Waals surface area contributed by atoms with Crippen molar-refractivity contribution in [2.45, 2.75) is 50.4 Å². The van der Waals surface area contributed by atoms with Crippen LogP contribution in [-0.2, 0) is 19.2 Å². The molecule has 0 bridgehead atoms. The van der Waals surface area contributed by atoms with Gasteiger partial charge >= 0.3 is 5.97 Å². The third-order valence-electron chi connectivity index (χ3n) is 8.07. The maximum absolute atomic E-state index is 13.2. The minimum atomic E-state index is -1.37. The number of hydrogen-bond donors (Lipinski definition) is 1. The normalized spacial score (nSPS) is 39.8. The first-order valence-corrected chi connectivity index (χ1v) is 10.9. The van der Waals surface area contributed by atoms with Crippen molar-refractivity contribution < 1.29 is 33.7 Å². The van der Waals surface area contributed by atoms with E-state index in [2.05, 4.69) is 5.16 Å². The largest absolute Gasteiger partial charge is 0.493 e. The number of nitrogens with zero attached hydrogens (tertiary/aromatic N) is 1. The Bertz CT molecular complexity index is 1060. The maximum Gasteiger partial charge on any atom is 0.354 e. The Hall–Kier alpha value is -2.87. The summed E-state index contributed by atoms with van der Waals surface area (Å²) in [7, 11) is 3.11. The van der Waals surface area contributed by atoms with Crippen LogP contribution < -0.4 is 9.47 Å². The van der Waals surface area contributed by atoms with Crippen LogP contribution in [0.3, 0.4) is 0 Å². The van der Waals surface area contributed by atoms with Crippen molar-refractivity contribution in [3.63, 3.8) is 0 Å². The lowest BCUT2D eigenvalue weighted by molar-refractivity contribution is -0.169. The van der Waals surface area contributed by atoms with Gasteiger partial charge < -0.3 is 24.2 Å². The van der Waals surface area contributed by atoms with Gasteiger partial charge in [0.15, 0.2) is 17.3 Å². The lowest BCUT2D eigenvalue weighted by atomic mass is 9.63. The number of esters is 1. The van der Waals surface area contributed by atoms with E-state index in [4.69, 9.17) is 19.0 Å². The average molecular weight is 441 g/mol. The molecule has 170 valence electrons. The Morgan fingerprint density at radius 1 is 1.16 bits per heavy atom. The number of carbonyl (C=O) groups excluding carboxylic acids is 2. The number of oxime groups is 1. The van der Waals surface area contributed by atoms with E-state index >= 15 is 0 Å². The Labute approximate surface area is 186 Å². The first-order chi connectivity index (χ1) is 15.2. The van der Waals surface area contributed by atoms with Crippen LogP contribution in [0.4, 0.5) is 0 Å². The van der Waals surface area contributed by atoms with Crippen LogP contribution in [0.15, 0.2) is 35.5 Å². The second-order valence-electron chi connectivity index (χ2n) is 9.40. The molecule has 1 saturated heterocycles. The summed E-state index contributed by atoms with van der Waals surface area (Å²) in [6, 6.07) is 5.40. The summed E-state index contributed by atoms with van der Waals surface area (Å²) in [5, 5.41) is 15.8. The van der Waals surface area contributed by atoms with E-state index in [1.54, 1.807) is 39.4 Å². The Kier molecular flexibility index (Phi) is 4.47. The first kappa shape index (κ1) is 21.0. The molecule has 8 nitrogen and oxygen atoms in total. The number of rotatable bonds is 3. The van der Waals surface area contributed by atoms with E-state index < -0.39 is 34.6 Å². The second-order valence-corrected chi connectivity index (χ2v) is 9.40. The molecule has 2 aliphatic heterocycles.